The summed E-state index contributed by atoms with van der Waals surface area (Å²) in [5.41, 5.74) is 2.22. The predicted molar refractivity (Wildman–Crippen MR) is 88.2 cm³/mol. The van der Waals surface area contributed by atoms with Crippen molar-refractivity contribution < 1.29 is 4.74 Å². The minimum atomic E-state index is 0.0437. The van der Waals surface area contributed by atoms with Gasteiger partial charge in [0.1, 0.15) is 11.5 Å². The van der Waals surface area contributed by atoms with Crippen molar-refractivity contribution in [3.63, 3.8) is 0 Å². The lowest BCUT2D eigenvalue weighted by molar-refractivity contribution is 0.454. The number of rotatable bonds is 5. The number of pyridine rings is 1. The molecule has 0 radical (unpaired) electrons. The number of nitrogens with one attached hydrogen (secondary N) is 1. The van der Waals surface area contributed by atoms with Crippen LogP contribution >= 0.6 is 0 Å². The minimum Gasteiger partial charge on any atom is -0.455 e. The molecule has 3 heteroatoms. The van der Waals surface area contributed by atoms with E-state index in [1.54, 1.807) is 6.20 Å². The lowest BCUT2D eigenvalue weighted by Crippen LogP contribution is -2.12. The van der Waals surface area contributed by atoms with Crippen molar-refractivity contribution in [2.75, 3.05) is 11.9 Å². The van der Waals surface area contributed by atoms with E-state index in [0.717, 1.165) is 30.2 Å². The lowest BCUT2D eigenvalue weighted by atomic mass is 9.86. The Kier molecular flexibility index (Phi) is 4.84. The molecule has 112 valence electrons. The Balaban J connectivity index is 2.23. The molecule has 2 rings (SSSR count). The van der Waals surface area contributed by atoms with E-state index in [1.807, 2.05) is 30.5 Å². The fourth-order valence-electron chi connectivity index (χ4n) is 2.14. The Labute approximate surface area is 127 Å². The van der Waals surface area contributed by atoms with E-state index in [2.05, 4.69) is 44.1 Å². The zero-order chi connectivity index (χ0) is 15.3. The first-order valence-corrected chi connectivity index (χ1v) is 7.47. The summed E-state index contributed by atoms with van der Waals surface area (Å²) in [7, 11) is 0. The van der Waals surface area contributed by atoms with Crippen LogP contribution in [0.4, 0.5) is 5.69 Å². The molecule has 0 aliphatic rings. The van der Waals surface area contributed by atoms with Crippen LogP contribution in [-0.4, -0.2) is 11.5 Å². The molecule has 1 aromatic heterocycles. The molecule has 0 saturated heterocycles. The summed E-state index contributed by atoms with van der Waals surface area (Å²) in [6.07, 6.45) is 4.65. The number of hydrogen-bond donors (Lipinski definition) is 1. The molecule has 0 fully saturated rings. The quantitative estimate of drug-likeness (QED) is 0.839. The van der Waals surface area contributed by atoms with Gasteiger partial charge in [-0.25, -0.2) is 0 Å². The summed E-state index contributed by atoms with van der Waals surface area (Å²) < 4.78 is 6.05. The molecule has 1 heterocycles. The average Bonchev–Trinajstić information content (AvgIpc) is 2.45. The van der Waals surface area contributed by atoms with E-state index in [0.29, 0.717) is 0 Å². The first kappa shape index (κ1) is 15.4. The maximum atomic E-state index is 6.05. The van der Waals surface area contributed by atoms with Crippen molar-refractivity contribution in [3.05, 3.63) is 48.3 Å². The maximum Gasteiger partial charge on any atom is 0.147 e. The van der Waals surface area contributed by atoms with Gasteiger partial charge in [0.2, 0.25) is 0 Å². The van der Waals surface area contributed by atoms with Crippen LogP contribution in [0.3, 0.4) is 0 Å². The minimum absolute atomic E-state index is 0.0437. The highest BCUT2D eigenvalue weighted by atomic mass is 16.5. The van der Waals surface area contributed by atoms with Crippen LogP contribution in [0.25, 0.3) is 0 Å². The molecular formula is C18H24N2O. The maximum absolute atomic E-state index is 6.05. The molecule has 0 bridgehead atoms. The normalized spacial score (nSPS) is 11.2. The second-order valence-corrected chi connectivity index (χ2v) is 6.18. The highest BCUT2D eigenvalue weighted by Crippen LogP contribution is 2.34. The predicted octanol–water partition coefficient (Wildman–Crippen LogP) is 4.99. The van der Waals surface area contributed by atoms with Gasteiger partial charge in [-0.05, 0) is 17.9 Å². The zero-order valence-corrected chi connectivity index (χ0v) is 13.3. The van der Waals surface area contributed by atoms with E-state index in [9.17, 15) is 0 Å². The highest BCUT2D eigenvalue weighted by Gasteiger charge is 2.18. The highest BCUT2D eigenvalue weighted by molar-refractivity contribution is 5.47. The van der Waals surface area contributed by atoms with Gasteiger partial charge in [-0.2, -0.15) is 0 Å². The standard InChI is InChI=1S/C18H24N2O/c1-5-10-20-14-11-15(13-19-12-14)21-17-9-7-6-8-16(17)18(2,3)4/h6-9,11-13,20H,5,10H2,1-4H3. The Morgan fingerprint density at radius 2 is 1.90 bits per heavy atom. The number of para-hydroxylation sites is 1. The molecule has 0 aliphatic heterocycles. The molecule has 3 nitrogen and oxygen atoms in total. The second-order valence-electron chi connectivity index (χ2n) is 6.18. The third kappa shape index (κ3) is 4.22. The Morgan fingerprint density at radius 3 is 2.62 bits per heavy atom. The van der Waals surface area contributed by atoms with Gasteiger partial charge >= 0.3 is 0 Å². The summed E-state index contributed by atoms with van der Waals surface area (Å²) >= 11 is 0. The molecule has 1 N–H and O–H groups in total. The fourth-order valence-corrected chi connectivity index (χ4v) is 2.14. The monoisotopic (exact) mass is 284 g/mol. The third-order valence-electron chi connectivity index (χ3n) is 3.22. The summed E-state index contributed by atoms with van der Waals surface area (Å²) in [6.45, 7) is 9.63. The molecule has 0 aliphatic carbocycles. The second kappa shape index (κ2) is 6.61. The molecule has 21 heavy (non-hydrogen) atoms. The number of benzene rings is 1. The SMILES string of the molecule is CCCNc1cncc(Oc2ccccc2C(C)(C)C)c1. The van der Waals surface area contributed by atoms with Gasteiger partial charge in [0, 0.05) is 18.2 Å². The first-order valence-electron chi connectivity index (χ1n) is 7.47. The van der Waals surface area contributed by atoms with Crippen molar-refractivity contribution in [1.29, 1.82) is 0 Å². The molecule has 2 aromatic rings. The Bertz CT molecular complexity index is 588. The van der Waals surface area contributed by atoms with Crippen LogP contribution in [0.1, 0.15) is 39.7 Å². The Hall–Kier alpha value is -2.03. The van der Waals surface area contributed by atoms with Gasteiger partial charge in [0.15, 0.2) is 0 Å². The molecule has 0 amide bonds. The number of ether oxygens (including phenoxy) is 1. The molecule has 1 aromatic carbocycles. The van der Waals surface area contributed by atoms with Gasteiger partial charge in [-0.15, -0.1) is 0 Å². The first-order chi connectivity index (χ1) is 10.0. The molecule has 0 unspecified atom stereocenters. The average molecular weight is 284 g/mol. The summed E-state index contributed by atoms with van der Waals surface area (Å²) in [5, 5.41) is 3.32. The van der Waals surface area contributed by atoms with Crippen LogP contribution in [0.2, 0.25) is 0 Å². The number of hydrogen-bond acceptors (Lipinski definition) is 3. The van der Waals surface area contributed by atoms with Crippen LogP contribution in [-0.2, 0) is 5.41 Å². The zero-order valence-electron chi connectivity index (χ0n) is 13.3. The van der Waals surface area contributed by atoms with Gasteiger partial charge in [0.05, 0.1) is 18.1 Å². The number of nitrogens with zero attached hydrogens (tertiary/aromatic N) is 1. The topological polar surface area (TPSA) is 34.2 Å². The van der Waals surface area contributed by atoms with Crippen molar-refractivity contribution in [2.45, 2.75) is 39.5 Å². The number of anilines is 1. The molecular weight excluding hydrogens is 260 g/mol. The van der Waals surface area contributed by atoms with Crippen LogP contribution in [0.5, 0.6) is 11.5 Å². The Morgan fingerprint density at radius 1 is 1.14 bits per heavy atom. The lowest BCUT2D eigenvalue weighted by Gasteiger charge is -2.22. The van der Waals surface area contributed by atoms with Gasteiger partial charge in [-0.1, -0.05) is 45.9 Å². The van der Waals surface area contributed by atoms with Gasteiger partial charge in [0.25, 0.3) is 0 Å². The largest absolute Gasteiger partial charge is 0.455 e. The summed E-state index contributed by atoms with van der Waals surface area (Å²) in [6, 6.07) is 10.2. The molecule has 0 atom stereocenters. The molecule has 0 spiro atoms. The summed E-state index contributed by atoms with van der Waals surface area (Å²) in [4.78, 5) is 4.24. The molecule has 0 saturated carbocycles. The van der Waals surface area contributed by atoms with E-state index in [4.69, 9.17) is 4.74 Å². The van der Waals surface area contributed by atoms with E-state index < -0.39 is 0 Å². The van der Waals surface area contributed by atoms with Crippen LogP contribution in [0, 0.1) is 0 Å². The number of aromatic nitrogens is 1. The van der Waals surface area contributed by atoms with Crippen molar-refractivity contribution in [1.82, 2.24) is 4.98 Å². The van der Waals surface area contributed by atoms with Crippen LogP contribution in [0.15, 0.2) is 42.7 Å². The van der Waals surface area contributed by atoms with Crippen LogP contribution < -0.4 is 10.1 Å². The fraction of sp³-hybridized carbons (Fsp3) is 0.389. The van der Waals surface area contributed by atoms with Gasteiger partial charge in [-0.3, -0.25) is 4.98 Å². The smallest absolute Gasteiger partial charge is 0.147 e. The van der Waals surface area contributed by atoms with Crippen molar-refractivity contribution >= 4 is 5.69 Å². The summed E-state index contributed by atoms with van der Waals surface area (Å²) in [5.74, 6) is 1.65. The van der Waals surface area contributed by atoms with E-state index in [1.165, 1.54) is 5.56 Å². The van der Waals surface area contributed by atoms with E-state index in [-0.39, 0.29) is 5.41 Å². The van der Waals surface area contributed by atoms with E-state index >= 15 is 0 Å². The third-order valence-corrected chi connectivity index (χ3v) is 3.22. The van der Waals surface area contributed by atoms with Gasteiger partial charge < -0.3 is 10.1 Å². The van der Waals surface area contributed by atoms with Crippen molar-refractivity contribution in [2.24, 2.45) is 0 Å². The van der Waals surface area contributed by atoms with Crippen molar-refractivity contribution in [3.8, 4) is 11.5 Å².